The molecule has 1 aliphatic heterocycles. The first-order valence-electron chi connectivity index (χ1n) is 8.70. The van der Waals surface area contributed by atoms with Crippen molar-refractivity contribution >= 4 is 39.7 Å². The van der Waals surface area contributed by atoms with Gasteiger partial charge >= 0.3 is 0 Å². The smallest absolute Gasteiger partial charge is 0.230 e. The van der Waals surface area contributed by atoms with Crippen LogP contribution in [0.15, 0.2) is 17.5 Å². The summed E-state index contributed by atoms with van der Waals surface area (Å²) in [4.78, 5) is 21.2. The number of halogens is 1. The summed E-state index contributed by atoms with van der Waals surface area (Å²) in [6, 6.07) is 3.93. The van der Waals surface area contributed by atoms with Gasteiger partial charge in [-0.15, -0.1) is 11.3 Å². The van der Waals surface area contributed by atoms with Gasteiger partial charge < -0.3 is 0 Å². The number of carbonyl (C=O) groups is 1. The summed E-state index contributed by atoms with van der Waals surface area (Å²) in [5, 5.41) is 3.32. The third kappa shape index (κ3) is 4.22. The van der Waals surface area contributed by atoms with Crippen LogP contribution in [0.2, 0.25) is 5.02 Å². The zero-order chi connectivity index (χ0) is 18.0. The number of aromatic nitrogens is 1. The molecule has 1 aliphatic rings. The Labute approximate surface area is 158 Å². The Morgan fingerprint density at radius 3 is 2.64 bits per heavy atom. The molecule has 134 valence electrons. The van der Waals surface area contributed by atoms with Crippen molar-refractivity contribution in [1.82, 2.24) is 9.88 Å². The number of hydrogen-bond acceptors (Lipinski definition) is 4. The molecule has 1 aromatic heterocycles. The maximum atomic E-state index is 12.4. The van der Waals surface area contributed by atoms with Gasteiger partial charge in [-0.1, -0.05) is 24.1 Å². The van der Waals surface area contributed by atoms with E-state index >= 15 is 0 Å². The molecule has 1 saturated heterocycles. The van der Waals surface area contributed by atoms with Gasteiger partial charge in [0.25, 0.3) is 0 Å². The highest BCUT2D eigenvalue weighted by atomic mass is 35.5. The predicted octanol–water partition coefficient (Wildman–Crippen LogP) is 5.08. The number of nitrogens with zero attached hydrogens (tertiary/aromatic N) is 3. The lowest BCUT2D eigenvalue weighted by Gasteiger charge is -2.25. The largest absolute Gasteiger partial charge is 0.297 e. The summed E-state index contributed by atoms with van der Waals surface area (Å²) in [6.45, 7) is 8.65. The fourth-order valence-electron chi connectivity index (χ4n) is 3.40. The Morgan fingerprint density at radius 1 is 1.28 bits per heavy atom. The van der Waals surface area contributed by atoms with Crippen LogP contribution in [0.5, 0.6) is 0 Å². The topological polar surface area (TPSA) is 36.4 Å². The Morgan fingerprint density at radius 2 is 2.00 bits per heavy atom. The minimum absolute atomic E-state index is 0.0762. The Balaban J connectivity index is 1.88. The third-order valence-electron chi connectivity index (χ3n) is 4.50. The van der Waals surface area contributed by atoms with Gasteiger partial charge in [-0.25, -0.2) is 4.98 Å². The third-order valence-corrected chi connectivity index (χ3v) is 5.66. The van der Waals surface area contributed by atoms with Crippen molar-refractivity contribution < 1.29 is 4.79 Å². The molecule has 1 fully saturated rings. The Kier molecular flexibility index (Phi) is 5.77. The molecule has 2 aromatic rings. The van der Waals surface area contributed by atoms with E-state index in [9.17, 15) is 4.79 Å². The zero-order valence-corrected chi connectivity index (χ0v) is 16.6. The van der Waals surface area contributed by atoms with Crippen LogP contribution < -0.4 is 4.90 Å². The molecule has 0 radical (unpaired) electrons. The van der Waals surface area contributed by atoms with Crippen LogP contribution in [-0.4, -0.2) is 28.9 Å². The molecular weight excluding hydrogens is 354 g/mol. The number of anilines is 2. The van der Waals surface area contributed by atoms with Gasteiger partial charge in [-0.2, -0.15) is 0 Å². The standard InChI is InChI=1S/C19H24ClN3OS/c1-13-9-14(2)18(17(20)10-13)23(15(3)24)19-21-16(12-25-19)11-22-7-5-4-6-8-22/h9-10,12H,4-8,11H2,1-3H3. The molecule has 25 heavy (non-hydrogen) atoms. The van der Waals surface area contributed by atoms with Crippen LogP contribution >= 0.6 is 22.9 Å². The van der Waals surface area contributed by atoms with Gasteiger partial charge in [0.15, 0.2) is 5.13 Å². The summed E-state index contributed by atoms with van der Waals surface area (Å²) in [6.07, 6.45) is 3.84. The highest BCUT2D eigenvalue weighted by Crippen LogP contribution is 2.37. The summed E-state index contributed by atoms with van der Waals surface area (Å²) >= 11 is 7.96. The minimum Gasteiger partial charge on any atom is -0.297 e. The summed E-state index contributed by atoms with van der Waals surface area (Å²) in [5.74, 6) is -0.0762. The van der Waals surface area contributed by atoms with Crippen molar-refractivity contribution in [2.75, 3.05) is 18.0 Å². The Hall–Kier alpha value is -1.43. The normalized spacial score (nSPS) is 15.4. The van der Waals surface area contributed by atoms with Crippen molar-refractivity contribution in [1.29, 1.82) is 0 Å². The van der Waals surface area contributed by atoms with E-state index in [2.05, 4.69) is 10.3 Å². The molecule has 1 aromatic carbocycles. The maximum Gasteiger partial charge on any atom is 0.230 e. The van der Waals surface area contributed by atoms with E-state index in [4.69, 9.17) is 16.6 Å². The molecule has 3 rings (SSSR count). The molecule has 2 heterocycles. The van der Waals surface area contributed by atoms with Crippen LogP contribution in [0.3, 0.4) is 0 Å². The molecule has 1 amide bonds. The Bertz CT molecular complexity index is 745. The van der Waals surface area contributed by atoms with Crippen LogP contribution in [-0.2, 0) is 11.3 Å². The van der Waals surface area contributed by atoms with E-state index in [-0.39, 0.29) is 5.91 Å². The summed E-state index contributed by atoms with van der Waals surface area (Å²) < 4.78 is 0. The monoisotopic (exact) mass is 377 g/mol. The van der Waals surface area contributed by atoms with Gasteiger partial charge in [0, 0.05) is 18.8 Å². The van der Waals surface area contributed by atoms with Gasteiger partial charge in [0.05, 0.1) is 16.4 Å². The number of hydrogen-bond donors (Lipinski definition) is 0. The molecule has 0 unspecified atom stereocenters. The molecule has 0 spiro atoms. The first kappa shape index (κ1) is 18.4. The minimum atomic E-state index is -0.0762. The molecular formula is C19H24ClN3OS. The second kappa shape index (κ2) is 7.85. The molecule has 0 atom stereocenters. The number of piperidine rings is 1. The van der Waals surface area contributed by atoms with Gasteiger partial charge in [-0.3, -0.25) is 14.6 Å². The SMILES string of the molecule is CC(=O)N(c1nc(CN2CCCCC2)cs1)c1c(C)cc(C)cc1Cl. The second-order valence-electron chi connectivity index (χ2n) is 6.72. The fourth-order valence-corrected chi connectivity index (χ4v) is 4.67. The quantitative estimate of drug-likeness (QED) is 0.745. The van der Waals surface area contributed by atoms with Crippen molar-refractivity contribution in [3.05, 3.63) is 39.4 Å². The van der Waals surface area contributed by atoms with Gasteiger partial charge in [0.2, 0.25) is 5.91 Å². The first-order chi connectivity index (χ1) is 12.0. The maximum absolute atomic E-state index is 12.4. The number of aryl methyl sites for hydroxylation is 2. The van der Waals surface area contributed by atoms with E-state index in [1.807, 2.05) is 26.0 Å². The number of rotatable bonds is 4. The molecule has 0 saturated carbocycles. The van der Waals surface area contributed by atoms with Crippen LogP contribution in [0, 0.1) is 13.8 Å². The lowest BCUT2D eigenvalue weighted by molar-refractivity contribution is -0.115. The lowest BCUT2D eigenvalue weighted by atomic mass is 10.1. The second-order valence-corrected chi connectivity index (χ2v) is 7.97. The van der Waals surface area contributed by atoms with Crippen molar-refractivity contribution in [3.63, 3.8) is 0 Å². The summed E-state index contributed by atoms with van der Waals surface area (Å²) in [5.41, 5.74) is 3.82. The van der Waals surface area contributed by atoms with Crippen molar-refractivity contribution in [3.8, 4) is 0 Å². The van der Waals surface area contributed by atoms with E-state index in [0.29, 0.717) is 10.2 Å². The number of amides is 1. The average Bonchev–Trinajstić information content (AvgIpc) is 2.99. The summed E-state index contributed by atoms with van der Waals surface area (Å²) in [7, 11) is 0. The molecule has 6 heteroatoms. The van der Waals surface area contributed by atoms with E-state index < -0.39 is 0 Å². The average molecular weight is 378 g/mol. The molecule has 4 nitrogen and oxygen atoms in total. The number of benzene rings is 1. The van der Waals surface area contributed by atoms with Crippen LogP contribution in [0.25, 0.3) is 0 Å². The van der Waals surface area contributed by atoms with Gasteiger partial charge in [0.1, 0.15) is 0 Å². The highest BCUT2D eigenvalue weighted by molar-refractivity contribution is 7.14. The van der Waals surface area contributed by atoms with E-state index in [1.54, 1.807) is 11.8 Å². The molecule has 0 bridgehead atoms. The zero-order valence-electron chi connectivity index (χ0n) is 15.0. The van der Waals surface area contributed by atoms with Crippen molar-refractivity contribution in [2.45, 2.75) is 46.6 Å². The van der Waals surface area contributed by atoms with Crippen LogP contribution in [0.4, 0.5) is 10.8 Å². The predicted molar refractivity (Wildman–Crippen MR) is 105 cm³/mol. The first-order valence-corrected chi connectivity index (χ1v) is 9.95. The molecule has 0 aliphatic carbocycles. The van der Waals surface area contributed by atoms with Crippen molar-refractivity contribution in [2.24, 2.45) is 0 Å². The lowest BCUT2D eigenvalue weighted by Crippen LogP contribution is -2.29. The van der Waals surface area contributed by atoms with E-state index in [1.165, 1.54) is 30.6 Å². The van der Waals surface area contributed by atoms with E-state index in [0.717, 1.165) is 42.1 Å². The number of thiazole rings is 1. The highest BCUT2D eigenvalue weighted by Gasteiger charge is 2.23. The van der Waals surface area contributed by atoms with Gasteiger partial charge in [-0.05, 0) is 57.0 Å². The fraction of sp³-hybridized carbons (Fsp3) is 0.474. The number of likely N-dealkylation sites (tertiary alicyclic amines) is 1. The van der Waals surface area contributed by atoms with Crippen LogP contribution in [0.1, 0.15) is 43.0 Å². The number of carbonyl (C=O) groups excluding carboxylic acids is 1. The molecule has 0 N–H and O–H groups in total.